The van der Waals surface area contributed by atoms with Crippen molar-refractivity contribution in [3.63, 3.8) is 0 Å². The lowest BCUT2D eigenvalue weighted by atomic mass is 9.74. The van der Waals surface area contributed by atoms with Gasteiger partial charge in [-0.3, -0.25) is 14.4 Å². The van der Waals surface area contributed by atoms with E-state index in [1.54, 1.807) is 0 Å². The summed E-state index contributed by atoms with van der Waals surface area (Å²) in [5.74, 6) is 0.0536. The quantitative estimate of drug-likeness (QED) is 0.664. The molecule has 0 bridgehead atoms. The van der Waals surface area contributed by atoms with Crippen LogP contribution >= 0.6 is 0 Å². The Labute approximate surface area is 193 Å². The third kappa shape index (κ3) is 5.78. The van der Waals surface area contributed by atoms with E-state index in [1.807, 2.05) is 54.2 Å². The highest BCUT2D eigenvalue weighted by molar-refractivity contribution is 5.99. The van der Waals surface area contributed by atoms with Gasteiger partial charge in [-0.15, -0.1) is 0 Å². The number of nitrogens with zero attached hydrogens (tertiary/aromatic N) is 3. The summed E-state index contributed by atoms with van der Waals surface area (Å²) >= 11 is 0. The van der Waals surface area contributed by atoms with Gasteiger partial charge >= 0.3 is 0 Å². The third-order valence-corrected chi connectivity index (χ3v) is 6.64. The Hall–Kier alpha value is -3.20. The lowest BCUT2D eigenvalue weighted by molar-refractivity contribution is -0.134. The maximum absolute atomic E-state index is 13.1. The monoisotopic (exact) mass is 456 g/mol. The molecule has 2 amide bonds. The summed E-state index contributed by atoms with van der Waals surface area (Å²) in [6.45, 7) is 1.73. The smallest absolute Gasteiger partial charge is 0.290 e. The number of carboxylic acid groups (broad SMARTS) is 1. The van der Waals surface area contributed by atoms with Crippen LogP contribution in [0.15, 0.2) is 41.1 Å². The van der Waals surface area contributed by atoms with Gasteiger partial charge in [-0.1, -0.05) is 41.9 Å². The number of rotatable bonds is 5. The van der Waals surface area contributed by atoms with Crippen molar-refractivity contribution < 1.29 is 24.0 Å². The fourth-order valence-electron chi connectivity index (χ4n) is 4.97. The highest BCUT2D eigenvalue weighted by Crippen LogP contribution is 2.46. The molecule has 9 heteroatoms. The van der Waals surface area contributed by atoms with Crippen LogP contribution in [0.5, 0.6) is 0 Å². The minimum absolute atomic E-state index is 0.0780. The SMILES string of the molecule is CN(C)CC(=O)N1CCC2(CCCC2NC(=O)c2conc2-c2ccccc2)CC1.O=CO. The van der Waals surface area contributed by atoms with Crippen LogP contribution in [-0.4, -0.2) is 78.1 Å². The molecular weight excluding hydrogens is 424 g/mol. The summed E-state index contributed by atoms with van der Waals surface area (Å²) in [5, 5.41) is 14.2. The summed E-state index contributed by atoms with van der Waals surface area (Å²) in [5.41, 5.74) is 1.99. The van der Waals surface area contributed by atoms with Crippen molar-refractivity contribution in [3.05, 3.63) is 42.2 Å². The molecule has 1 aliphatic carbocycles. The number of aromatic nitrogens is 1. The predicted octanol–water partition coefficient (Wildman–Crippen LogP) is 2.50. The average Bonchev–Trinajstić information content (AvgIpc) is 3.43. The molecule has 1 aliphatic heterocycles. The van der Waals surface area contributed by atoms with Crippen LogP contribution < -0.4 is 5.32 Å². The van der Waals surface area contributed by atoms with Crippen molar-refractivity contribution in [1.82, 2.24) is 20.3 Å². The van der Waals surface area contributed by atoms with Gasteiger partial charge in [0.05, 0.1) is 6.54 Å². The second kappa shape index (κ2) is 11.1. The molecule has 9 nitrogen and oxygen atoms in total. The Balaban J connectivity index is 0.000000968. The molecule has 1 saturated heterocycles. The topological polar surface area (TPSA) is 116 Å². The van der Waals surface area contributed by atoms with Gasteiger partial charge in [-0.2, -0.15) is 0 Å². The number of piperidine rings is 1. The van der Waals surface area contributed by atoms with Crippen molar-refractivity contribution in [2.24, 2.45) is 5.41 Å². The summed E-state index contributed by atoms with van der Waals surface area (Å²) in [7, 11) is 3.83. The minimum Gasteiger partial charge on any atom is -0.483 e. The minimum atomic E-state index is -0.250. The first-order valence-electron chi connectivity index (χ1n) is 11.2. The molecule has 4 rings (SSSR count). The van der Waals surface area contributed by atoms with Gasteiger partial charge < -0.3 is 24.7 Å². The van der Waals surface area contributed by atoms with E-state index in [-0.39, 0.29) is 29.7 Å². The molecular formula is C24H32N4O5. The molecule has 0 radical (unpaired) electrons. The number of likely N-dealkylation sites (N-methyl/N-ethyl adjacent to an activating group) is 1. The van der Waals surface area contributed by atoms with Gasteiger partial charge in [0, 0.05) is 24.7 Å². The predicted molar refractivity (Wildman–Crippen MR) is 123 cm³/mol. The number of amides is 2. The van der Waals surface area contributed by atoms with E-state index >= 15 is 0 Å². The zero-order valence-electron chi connectivity index (χ0n) is 19.2. The van der Waals surface area contributed by atoms with Crippen molar-refractivity contribution in [1.29, 1.82) is 0 Å². The van der Waals surface area contributed by atoms with E-state index in [9.17, 15) is 9.59 Å². The molecule has 1 aromatic heterocycles. The molecule has 2 aromatic rings. The van der Waals surface area contributed by atoms with Crippen molar-refractivity contribution >= 4 is 18.3 Å². The van der Waals surface area contributed by atoms with Crippen LogP contribution in [0.3, 0.4) is 0 Å². The van der Waals surface area contributed by atoms with Gasteiger partial charge in [0.1, 0.15) is 17.5 Å². The molecule has 2 heterocycles. The van der Waals surface area contributed by atoms with Gasteiger partial charge in [0.2, 0.25) is 5.91 Å². The van der Waals surface area contributed by atoms with E-state index in [2.05, 4.69) is 10.5 Å². The molecule has 1 spiro atoms. The normalized spacial score (nSPS) is 19.1. The zero-order valence-corrected chi connectivity index (χ0v) is 19.2. The van der Waals surface area contributed by atoms with Gasteiger partial charge in [-0.25, -0.2) is 0 Å². The Kier molecular flexibility index (Phi) is 8.21. The first kappa shape index (κ1) is 24.4. The first-order valence-corrected chi connectivity index (χ1v) is 11.2. The lowest BCUT2D eigenvalue weighted by Gasteiger charge is -2.43. The van der Waals surface area contributed by atoms with Gasteiger partial charge in [-0.05, 0) is 45.2 Å². The van der Waals surface area contributed by atoms with Crippen LogP contribution in [-0.2, 0) is 9.59 Å². The summed E-state index contributed by atoms with van der Waals surface area (Å²) in [6, 6.07) is 9.74. The van der Waals surface area contributed by atoms with Gasteiger partial charge in [0.25, 0.3) is 12.4 Å². The fourth-order valence-corrected chi connectivity index (χ4v) is 4.97. The van der Waals surface area contributed by atoms with Crippen LogP contribution in [0.25, 0.3) is 11.3 Å². The Bertz CT molecular complexity index is 935. The maximum Gasteiger partial charge on any atom is 0.290 e. The van der Waals surface area contributed by atoms with Crippen molar-refractivity contribution in [2.75, 3.05) is 33.7 Å². The second-order valence-corrected chi connectivity index (χ2v) is 8.95. The van der Waals surface area contributed by atoms with E-state index in [1.165, 1.54) is 6.26 Å². The standard InChI is InChI=1S/C23H30N4O3.CH2O2/c1-26(2)15-20(28)27-13-11-23(12-14-27)10-6-9-19(23)24-22(29)18-16-30-25-21(18)17-7-4-3-5-8-17;2-1-3/h3-5,7-8,16,19H,6,9-15H2,1-2H3,(H,24,29);1H,(H,2,3). The highest BCUT2D eigenvalue weighted by atomic mass is 16.5. The highest BCUT2D eigenvalue weighted by Gasteiger charge is 2.46. The number of hydrogen-bond donors (Lipinski definition) is 2. The molecule has 1 unspecified atom stereocenters. The van der Waals surface area contributed by atoms with Crippen LogP contribution in [0.2, 0.25) is 0 Å². The number of likely N-dealkylation sites (tertiary alicyclic amines) is 1. The number of hydrogen-bond acceptors (Lipinski definition) is 6. The van der Waals surface area contributed by atoms with Crippen LogP contribution in [0.1, 0.15) is 42.5 Å². The Morgan fingerprint density at radius 2 is 1.91 bits per heavy atom. The van der Waals surface area contributed by atoms with E-state index in [0.29, 0.717) is 17.8 Å². The molecule has 2 aliphatic rings. The summed E-state index contributed by atoms with van der Waals surface area (Å²) < 4.78 is 5.14. The van der Waals surface area contributed by atoms with Crippen molar-refractivity contribution in [2.45, 2.75) is 38.1 Å². The van der Waals surface area contributed by atoms with Crippen molar-refractivity contribution in [3.8, 4) is 11.3 Å². The largest absolute Gasteiger partial charge is 0.483 e. The number of carbonyl (C=O) groups is 3. The number of carbonyl (C=O) groups excluding carboxylic acids is 2. The molecule has 33 heavy (non-hydrogen) atoms. The molecule has 1 aromatic carbocycles. The van der Waals surface area contributed by atoms with Crippen LogP contribution in [0, 0.1) is 5.41 Å². The molecule has 2 N–H and O–H groups in total. The van der Waals surface area contributed by atoms with E-state index in [4.69, 9.17) is 14.4 Å². The fraction of sp³-hybridized carbons (Fsp3) is 0.500. The number of nitrogens with one attached hydrogen (secondary N) is 1. The van der Waals surface area contributed by atoms with E-state index in [0.717, 1.165) is 50.8 Å². The second-order valence-electron chi connectivity index (χ2n) is 8.95. The maximum atomic E-state index is 13.1. The molecule has 178 valence electrons. The Morgan fingerprint density at radius 3 is 2.55 bits per heavy atom. The zero-order chi connectivity index (χ0) is 23.8. The lowest BCUT2D eigenvalue weighted by Crippen LogP contribution is -2.52. The van der Waals surface area contributed by atoms with Gasteiger partial charge in [0.15, 0.2) is 0 Å². The molecule has 1 atom stereocenters. The molecule has 1 saturated carbocycles. The third-order valence-electron chi connectivity index (χ3n) is 6.64. The summed E-state index contributed by atoms with van der Waals surface area (Å²) in [4.78, 5) is 37.7. The average molecular weight is 457 g/mol. The summed E-state index contributed by atoms with van der Waals surface area (Å²) in [6.07, 6.45) is 6.48. The molecule has 2 fully saturated rings. The van der Waals surface area contributed by atoms with Crippen LogP contribution in [0.4, 0.5) is 0 Å². The Morgan fingerprint density at radius 1 is 1.24 bits per heavy atom. The first-order chi connectivity index (χ1) is 15.9. The number of benzene rings is 1. The van der Waals surface area contributed by atoms with E-state index < -0.39 is 0 Å².